The Kier molecular flexibility index (Phi) is 7.06. The number of carboxylic acid groups (broad SMARTS) is 1. The average Bonchev–Trinajstić information content (AvgIpc) is 2.69. The van der Waals surface area contributed by atoms with E-state index in [0.29, 0.717) is 16.7 Å². The number of carboxylic acids is 1. The van der Waals surface area contributed by atoms with Crippen molar-refractivity contribution in [3.8, 4) is 11.8 Å². The SMILES string of the molecule is CC#CC(CC(=O)O)C1=CCC(OCC2CCCC3(C=CCCC3(C)C)C2)C=C1. The summed E-state index contributed by atoms with van der Waals surface area (Å²) in [6.07, 6.45) is 19.7. The smallest absolute Gasteiger partial charge is 0.304 e. The summed E-state index contributed by atoms with van der Waals surface area (Å²) in [5, 5.41) is 9.11. The number of ether oxygens (including phenoxy) is 1. The molecule has 4 unspecified atom stereocenters. The van der Waals surface area contributed by atoms with Gasteiger partial charge in [0.25, 0.3) is 0 Å². The number of allylic oxidation sites excluding steroid dienone is 4. The molecule has 3 nitrogen and oxygen atoms in total. The molecule has 29 heavy (non-hydrogen) atoms. The summed E-state index contributed by atoms with van der Waals surface area (Å²) in [7, 11) is 0. The van der Waals surface area contributed by atoms with E-state index in [4.69, 9.17) is 9.84 Å². The minimum atomic E-state index is -0.809. The van der Waals surface area contributed by atoms with Crippen LogP contribution in [0.15, 0.2) is 36.0 Å². The van der Waals surface area contributed by atoms with Crippen LogP contribution in [0.1, 0.15) is 72.1 Å². The Hall–Kier alpha value is -1.79. The minimum Gasteiger partial charge on any atom is -0.481 e. The lowest BCUT2D eigenvalue weighted by atomic mass is 9.53. The van der Waals surface area contributed by atoms with E-state index < -0.39 is 5.97 Å². The highest BCUT2D eigenvalue weighted by molar-refractivity contribution is 5.68. The zero-order chi connectivity index (χ0) is 20.9. The van der Waals surface area contributed by atoms with E-state index in [-0.39, 0.29) is 18.4 Å². The van der Waals surface area contributed by atoms with Gasteiger partial charge in [0, 0.05) is 0 Å². The number of rotatable bonds is 6. The van der Waals surface area contributed by atoms with E-state index >= 15 is 0 Å². The van der Waals surface area contributed by atoms with Gasteiger partial charge in [-0.2, -0.15) is 0 Å². The number of aliphatic carboxylic acids is 1. The fourth-order valence-electron chi connectivity index (χ4n) is 5.42. The lowest BCUT2D eigenvalue weighted by Gasteiger charge is -2.52. The van der Waals surface area contributed by atoms with Crippen LogP contribution in [0.3, 0.4) is 0 Å². The molecule has 0 aromatic heterocycles. The first kappa shape index (κ1) is 21.9. The molecule has 3 heteroatoms. The van der Waals surface area contributed by atoms with Gasteiger partial charge in [-0.25, -0.2) is 0 Å². The zero-order valence-electron chi connectivity index (χ0n) is 18.2. The van der Waals surface area contributed by atoms with Crippen molar-refractivity contribution >= 4 is 5.97 Å². The van der Waals surface area contributed by atoms with Crippen molar-refractivity contribution in [3.05, 3.63) is 36.0 Å². The van der Waals surface area contributed by atoms with Crippen LogP contribution in [0.25, 0.3) is 0 Å². The largest absolute Gasteiger partial charge is 0.481 e. The van der Waals surface area contributed by atoms with Crippen LogP contribution < -0.4 is 0 Å². The number of hydrogen-bond acceptors (Lipinski definition) is 2. The Labute approximate surface area is 176 Å². The monoisotopic (exact) mass is 396 g/mol. The standard InChI is InChI=1S/C26H36O3/c1-4-8-22(17-24(27)28)21-10-12-23(13-11-21)29-19-20-9-7-16-26(18-20)15-6-5-14-25(26,2)3/h6,10-12,15,20,22-23H,5,7,9,13-14,16-19H2,1-3H3,(H,27,28). The summed E-state index contributed by atoms with van der Waals surface area (Å²) in [6.45, 7) is 7.47. The molecule has 3 aliphatic carbocycles. The maximum absolute atomic E-state index is 11.1. The van der Waals surface area contributed by atoms with Crippen LogP contribution in [0.5, 0.6) is 0 Å². The number of hydrogen-bond donors (Lipinski definition) is 1. The van der Waals surface area contributed by atoms with Gasteiger partial charge >= 0.3 is 5.97 Å². The highest BCUT2D eigenvalue weighted by atomic mass is 16.5. The summed E-state index contributed by atoms with van der Waals surface area (Å²) in [6, 6.07) is 0. The predicted molar refractivity (Wildman–Crippen MR) is 117 cm³/mol. The Morgan fingerprint density at radius 1 is 1.38 bits per heavy atom. The fourth-order valence-corrected chi connectivity index (χ4v) is 5.42. The summed E-state index contributed by atoms with van der Waals surface area (Å²) < 4.78 is 6.29. The number of carbonyl (C=O) groups is 1. The van der Waals surface area contributed by atoms with Gasteiger partial charge in [0.2, 0.25) is 0 Å². The molecule has 1 saturated carbocycles. The van der Waals surface area contributed by atoms with Gasteiger partial charge in [0.15, 0.2) is 0 Å². The summed E-state index contributed by atoms with van der Waals surface area (Å²) in [4.78, 5) is 11.1. The third-order valence-electron chi connectivity index (χ3n) is 7.34. The van der Waals surface area contributed by atoms with Gasteiger partial charge in [-0.05, 0) is 67.8 Å². The quantitative estimate of drug-likeness (QED) is 0.447. The van der Waals surface area contributed by atoms with E-state index in [1.807, 2.05) is 6.08 Å². The molecule has 3 aliphatic rings. The van der Waals surface area contributed by atoms with Crippen molar-refractivity contribution in [2.24, 2.45) is 22.7 Å². The lowest BCUT2D eigenvalue weighted by molar-refractivity contribution is -0.137. The van der Waals surface area contributed by atoms with Crippen molar-refractivity contribution in [1.82, 2.24) is 0 Å². The van der Waals surface area contributed by atoms with Crippen LogP contribution in [0, 0.1) is 34.5 Å². The topological polar surface area (TPSA) is 46.5 Å². The van der Waals surface area contributed by atoms with E-state index in [1.54, 1.807) is 6.92 Å². The zero-order valence-corrected chi connectivity index (χ0v) is 18.2. The lowest BCUT2D eigenvalue weighted by Crippen LogP contribution is -2.42. The molecular formula is C26H36O3. The first-order valence-electron chi connectivity index (χ1n) is 11.2. The molecule has 158 valence electrons. The molecule has 0 aliphatic heterocycles. The molecule has 0 bridgehead atoms. The van der Waals surface area contributed by atoms with Crippen LogP contribution in [0.2, 0.25) is 0 Å². The van der Waals surface area contributed by atoms with Crippen LogP contribution in [0.4, 0.5) is 0 Å². The van der Waals surface area contributed by atoms with E-state index in [1.165, 1.54) is 38.5 Å². The average molecular weight is 397 g/mol. The third kappa shape index (κ3) is 5.23. The van der Waals surface area contributed by atoms with Gasteiger partial charge in [-0.15, -0.1) is 5.92 Å². The van der Waals surface area contributed by atoms with E-state index in [0.717, 1.165) is 18.6 Å². The van der Waals surface area contributed by atoms with E-state index in [2.05, 4.69) is 50.0 Å². The predicted octanol–water partition coefficient (Wildman–Crippen LogP) is 5.92. The summed E-state index contributed by atoms with van der Waals surface area (Å²) in [5.41, 5.74) is 1.73. The molecule has 0 heterocycles. The molecule has 4 atom stereocenters. The second kappa shape index (κ2) is 9.35. The summed E-state index contributed by atoms with van der Waals surface area (Å²) in [5.74, 6) is 5.47. The van der Waals surface area contributed by atoms with Crippen LogP contribution >= 0.6 is 0 Å². The van der Waals surface area contributed by atoms with Gasteiger partial charge < -0.3 is 9.84 Å². The van der Waals surface area contributed by atoms with Gasteiger partial charge in [0.1, 0.15) is 0 Å². The highest BCUT2D eigenvalue weighted by Crippen LogP contribution is 2.56. The Balaban J connectivity index is 1.54. The molecule has 1 N–H and O–H groups in total. The van der Waals surface area contributed by atoms with Crippen molar-refractivity contribution < 1.29 is 14.6 Å². The molecule has 3 rings (SSSR count). The Bertz CT molecular complexity index is 746. The molecule has 0 amide bonds. The first-order chi connectivity index (χ1) is 13.9. The van der Waals surface area contributed by atoms with Crippen molar-refractivity contribution in [3.63, 3.8) is 0 Å². The Morgan fingerprint density at radius 3 is 2.86 bits per heavy atom. The summed E-state index contributed by atoms with van der Waals surface area (Å²) >= 11 is 0. The van der Waals surface area contributed by atoms with Crippen molar-refractivity contribution in [1.29, 1.82) is 0 Å². The van der Waals surface area contributed by atoms with E-state index in [9.17, 15) is 4.79 Å². The first-order valence-corrected chi connectivity index (χ1v) is 11.2. The molecule has 0 aromatic rings. The second-order valence-corrected chi connectivity index (χ2v) is 9.66. The molecule has 0 radical (unpaired) electrons. The molecule has 0 aromatic carbocycles. The molecular weight excluding hydrogens is 360 g/mol. The fraction of sp³-hybridized carbons (Fsp3) is 0.654. The third-order valence-corrected chi connectivity index (χ3v) is 7.34. The Morgan fingerprint density at radius 2 is 2.21 bits per heavy atom. The van der Waals surface area contributed by atoms with Crippen molar-refractivity contribution in [2.45, 2.75) is 78.2 Å². The highest BCUT2D eigenvalue weighted by Gasteiger charge is 2.46. The van der Waals surface area contributed by atoms with Gasteiger partial charge in [-0.1, -0.05) is 56.6 Å². The maximum atomic E-state index is 11.1. The van der Waals surface area contributed by atoms with Gasteiger partial charge in [-0.3, -0.25) is 4.79 Å². The normalized spacial score (nSPS) is 31.6. The molecule has 1 spiro atoms. The van der Waals surface area contributed by atoms with Crippen molar-refractivity contribution in [2.75, 3.05) is 6.61 Å². The second-order valence-electron chi connectivity index (χ2n) is 9.66. The van der Waals surface area contributed by atoms with Crippen LogP contribution in [-0.2, 0) is 9.53 Å². The van der Waals surface area contributed by atoms with Gasteiger partial charge in [0.05, 0.1) is 25.0 Å². The van der Waals surface area contributed by atoms with Crippen LogP contribution in [-0.4, -0.2) is 23.8 Å². The minimum absolute atomic E-state index is 0.0516. The maximum Gasteiger partial charge on any atom is 0.304 e. The molecule has 0 saturated heterocycles. The molecule has 1 fully saturated rings.